The highest BCUT2D eigenvalue weighted by Gasteiger charge is 2.26. The van der Waals surface area contributed by atoms with Crippen LogP contribution in [0.4, 0.5) is 0 Å². The van der Waals surface area contributed by atoms with Crippen LogP contribution in [0, 0.1) is 12.3 Å². The summed E-state index contributed by atoms with van der Waals surface area (Å²) in [4.78, 5) is 22.9. The van der Waals surface area contributed by atoms with Crippen molar-refractivity contribution in [2.75, 3.05) is 0 Å². The lowest BCUT2D eigenvalue weighted by Gasteiger charge is -2.21. The third-order valence-corrected chi connectivity index (χ3v) is 2.99. The first-order valence-electron chi connectivity index (χ1n) is 5.72. The zero-order valence-electron chi connectivity index (χ0n) is 10.8. The second-order valence-electron chi connectivity index (χ2n) is 5.29. The lowest BCUT2D eigenvalue weighted by Crippen LogP contribution is -2.21. The molecule has 0 saturated carbocycles. The van der Waals surface area contributed by atoms with Crippen molar-refractivity contribution in [3.63, 3.8) is 0 Å². The highest BCUT2D eigenvalue weighted by atomic mass is 35.5. The number of ketones is 1. The van der Waals surface area contributed by atoms with Crippen molar-refractivity contribution in [1.29, 1.82) is 0 Å². The Balaban J connectivity index is 2.85. The minimum Gasteiger partial charge on any atom is -0.481 e. The lowest BCUT2D eigenvalue weighted by atomic mass is 9.82. The highest BCUT2D eigenvalue weighted by Crippen LogP contribution is 2.28. The molecule has 0 aliphatic heterocycles. The summed E-state index contributed by atoms with van der Waals surface area (Å²) in [6.07, 6.45) is 0.188. The molecule has 98 valence electrons. The second-order valence-corrected chi connectivity index (χ2v) is 5.73. The van der Waals surface area contributed by atoms with Gasteiger partial charge in [-0.15, -0.1) is 0 Å². The Bertz CT molecular complexity index is 478. The van der Waals surface area contributed by atoms with E-state index in [1.54, 1.807) is 32.0 Å². The van der Waals surface area contributed by atoms with Crippen LogP contribution in [0.3, 0.4) is 0 Å². The number of Topliss-reactive ketones (excluding diaryl/α,β-unsaturated/α-hetero) is 1. The van der Waals surface area contributed by atoms with Gasteiger partial charge < -0.3 is 5.11 Å². The van der Waals surface area contributed by atoms with Crippen LogP contribution in [0.1, 0.15) is 42.6 Å². The summed E-state index contributed by atoms with van der Waals surface area (Å²) in [6.45, 7) is 5.39. The predicted octanol–water partition coefficient (Wildman–Crippen LogP) is 3.72. The number of benzene rings is 1. The van der Waals surface area contributed by atoms with Gasteiger partial charge in [-0.25, -0.2) is 0 Å². The molecule has 0 unspecified atom stereocenters. The van der Waals surface area contributed by atoms with E-state index in [2.05, 4.69) is 0 Å². The highest BCUT2D eigenvalue weighted by molar-refractivity contribution is 6.30. The molecule has 1 N–H and O–H groups in total. The molecule has 1 rings (SSSR count). The summed E-state index contributed by atoms with van der Waals surface area (Å²) in [6, 6.07) is 5.10. The molecule has 0 bridgehead atoms. The van der Waals surface area contributed by atoms with Gasteiger partial charge in [-0.2, -0.15) is 0 Å². The number of hydrogen-bond acceptors (Lipinski definition) is 2. The van der Waals surface area contributed by atoms with Crippen molar-refractivity contribution in [2.24, 2.45) is 5.41 Å². The molecule has 0 aliphatic rings. The maximum absolute atomic E-state index is 12.1. The quantitative estimate of drug-likeness (QED) is 0.828. The van der Waals surface area contributed by atoms with E-state index < -0.39 is 11.4 Å². The monoisotopic (exact) mass is 268 g/mol. The number of carboxylic acid groups (broad SMARTS) is 1. The average molecular weight is 269 g/mol. The zero-order valence-corrected chi connectivity index (χ0v) is 11.5. The summed E-state index contributed by atoms with van der Waals surface area (Å²) in [5, 5.41) is 9.39. The van der Waals surface area contributed by atoms with Crippen LogP contribution in [-0.4, -0.2) is 16.9 Å². The van der Waals surface area contributed by atoms with Crippen molar-refractivity contribution in [2.45, 2.75) is 33.6 Å². The molecule has 0 heterocycles. The fourth-order valence-electron chi connectivity index (χ4n) is 1.94. The number of carbonyl (C=O) groups excluding carboxylic acids is 1. The van der Waals surface area contributed by atoms with Crippen LogP contribution < -0.4 is 0 Å². The van der Waals surface area contributed by atoms with Crippen molar-refractivity contribution in [1.82, 2.24) is 0 Å². The van der Waals surface area contributed by atoms with E-state index in [0.29, 0.717) is 10.6 Å². The first-order valence-corrected chi connectivity index (χ1v) is 6.10. The van der Waals surface area contributed by atoms with Gasteiger partial charge in [-0.3, -0.25) is 9.59 Å². The molecule has 1 aromatic rings. The van der Waals surface area contributed by atoms with Crippen molar-refractivity contribution in [3.8, 4) is 0 Å². The number of carbonyl (C=O) groups is 2. The normalized spacial score (nSPS) is 11.3. The number of hydrogen-bond donors (Lipinski definition) is 1. The Labute approximate surface area is 112 Å². The fraction of sp³-hybridized carbons (Fsp3) is 0.429. The SMILES string of the molecule is Cc1cc(Cl)ccc1C(=O)CC(C)(C)CC(=O)O. The van der Waals surface area contributed by atoms with Crippen LogP contribution >= 0.6 is 11.6 Å². The molecule has 0 aliphatic carbocycles. The first-order chi connectivity index (χ1) is 8.21. The summed E-state index contributed by atoms with van der Waals surface area (Å²) in [7, 11) is 0. The smallest absolute Gasteiger partial charge is 0.303 e. The van der Waals surface area contributed by atoms with Crippen LogP contribution in [0.2, 0.25) is 5.02 Å². The number of rotatable bonds is 5. The van der Waals surface area contributed by atoms with E-state index in [-0.39, 0.29) is 18.6 Å². The molecule has 0 atom stereocenters. The standard InChI is InChI=1S/C14H17ClO3/c1-9-6-10(15)4-5-11(9)12(16)7-14(2,3)8-13(17)18/h4-6H,7-8H2,1-3H3,(H,17,18). The number of aliphatic carboxylic acids is 1. The third kappa shape index (κ3) is 4.15. The molecule has 0 amide bonds. The lowest BCUT2D eigenvalue weighted by molar-refractivity contribution is -0.139. The predicted molar refractivity (Wildman–Crippen MR) is 71.2 cm³/mol. The van der Waals surface area contributed by atoms with Crippen LogP contribution in [0.5, 0.6) is 0 Å². The Kier molecular flexibility index (Phi) is 4.52. The maximum Gasteiger partial charge on any atom is 0.303 e. The molecular formula is C14H17ClO3. The number of halogens is 1. The average Bonchev–Trinajstić information content (AvgIpc) is 2.13. The Hall–Kier alpha value is -1.35. The van der Waals surface area contributed by atoms with Crippen LogP contribution in [0.25, 0.3) is 0 Å². The van der Waals surface area contributed by atoms with E-state index in [1.165, 1.54) is 0 Å². The van der Waals surface area contributed by atoms with Crippen LogP contribution in [0.15, 0.2) is 18.2 Å². The van der Waals surface area contributed by atoms with Crippen molar-refractivity contribution in [3.05, 3.63) is 34.3 Å². The van der Waals surface area contributed by atoms with E-state index in [0.717, 1.165) is 5.56 Å². The van der Waals surface area contributed by atoms with Crippen LogP contribution in [-0.2, 0) is 4.79 Å². The molecule has 4 heteroatoms. The zero-order chi connectivity index (χ0) is 13.9. The van der Waals surface area contributed by atoms with Gasteiger partial charge in [0.2, 0.25) is 0 Å². The van der Waals surface area contributed by atoms with Gasteiger partial charge in [-0.05, 0) is 36.1 Å². The number of carboxylic acids is 1. The van der Waals surface area contributed by atoms with Crippen molar-refractivity contribution < 1.29 is 14.7 Å². The summed E-state index contributed by atoms with van der Waals surface area (Å²) < 4.78 is 0. The molecule has 0 fully saturated rings. The fourth-order valence-corrected chi connectivity index (χ4v) is 2.17. The topological polar surface area (TPSA) is 54.4 Å². The molecule has 18 heavy (non-hydrogen) atoms. The van der Waals surface area contributed by atoms with Gasteiger partial charge in [0.1, 0.15) is 0 Å². The summed E-state index contributed by atoms with van der Waals surface area (Å²) in [5.74, 6) is -0.934. The van der Waals surface area contributed by atoms with Gasteiger partial charge in [0.05, 0.1) is 6.42 Å². The molecule has 0 radical (unpaired) electrons. The number of aryl methyl sites for hydroxylation is 1. The molecule has 0 aromatic heterocycles. The maximum atomic E-state index is 12.1. The molecule has 0 saturated heterocycles. The molecule has 3 nitrogen and oxygen atoms in total. The largest absolute Gasteiger partial charge is 0.481 e. The molecule has 0 spiro atoms. The first kappa shape index (κ1) is 14.7. The Morgan fingerprint density at radius 3 is 2.39 bits per heavy atom. The summed E-state index contributed by atoms with van der Waals surface area (Å²) >= 11 is 5.83. The third-order valence-electron chi connectivity index (χ3n) is 2.76. The van der Waals surface area contributed by atoms with Gasteiger partial charge in [-0.1, -0.05) is 25.4 Å². The van der Waals surface area contributed by atoms with Gasteiger partial charge >= 0.3 is 5.97 Å². The molecular weight excluding hydrogens is 252 g/mol. The van der Waals surface area contributed by atoms with E-state index in [1.807, 2.05) is 6.92 Å². The van der Waals surface area contributed by atoms with E-state index >= 15 is 0 Å². The molecule has 1 aromatic carbocycles. The summed E-state index contributed by atoms with van der Waals surface area (Å²) in [5.41, 5.74) is 0.881. The van der Waals surface area contributed by atoms with Gasteiger partial charge in [0.15, 0.2) is 5.78 Å². The Morgan fingerprint density at radius 1 is 1.28 bits per heavy atom. The van der Waals surface area contributed by atoms with E-state index in [9.17, 15) is 9.59 Å². The minimum absolute atomic E-state index is 0.0224. The van der Waals surface area contributed by atoms with E-state index in [4.69, 9.17) is 16.7 Å². The van der Waals surface area contributed by atoms with Gasteiger partial charge in [0, 0.05) is 17.0 Å². The van der Waals surface area contributed by atoms with Crippen molar-refractivity contribution >= 4 is 23.4 Å². The second kappa shape index (κ2) is 5.53. The Morgan fingerprint density at radius 2 is 1.89 bits per heavy atom. The van der Waals surface area contributed by atoms with Gasteiger partial charge in [0.25, 0.3) is 0 Å². The minimum atomic E-state index is -0.888.